The van der Waals surface area contributed by atoms with E-state index in [1.165, 1.54) is 6.92 Å². The molecular formula is C24H25F2N7O2. The number of carbonyl (C=O) groups is 1. The van der Waals surface area contributed by atoms with Gasteiger partial charge in [-0.2, -0.15) is 4.98 Å². The van der Waals surface area contributed by atoms with Crippen LogP contribution in [0, 0.1) is 0 Å². The van der Waals surface area contributed by atoms with Gasteiger partial charge in [-0.15, -0.1) is 5.10 Å². The summed E-state index contributed by atoms with van der Waals surface area (Å²) in [5.74, 6) is 0.350. The monoisotopic (exact) mass is 481 g/mol. The molecule has 11 heteroatoms. The quantitative estimate of drug-likeness (QED) is 0.413. The number of hydrogen-bond donors (Lipinski definition) is 2. The van der Waals surface area contributed by atoms with Crippen LogP contribution >= 0.6 is 0 Å². The molecule has 1 aliphatic carbocycles. The highest BCUT2D eigenvalue weighted by atomic mass is 19.3. The van der Waals surface area contributed by atoms with Crippen LogP contribution in [-0.2, 0) is 4.79 Å². The van der Waals surface area contributed by atoms with Crippen molar-refractivity contribution < 1.29 is 18.3 Å². The summed E-state index contributed by atoms with van der Waals surface area (Å²) in [5.41, 5.74) is 3.53. The van der Waals surface area contributed by atoms with E-state index >= 15 is 0 Å². The van der Waals surface area contributed by atoms with Gasteiger partial charge in [0.2, 0.25) is 17.7 Å². The predicted octanol–water partition coefficient (Wildman–Crippen LogP) is 3.84. The average molecular weight is 482 g/mol. The van der Waals surface area contributed by atoms with Gasteiger partial charge in [-0.3, -0.25) is 14.8 Å². The molecule has 5 rings (SSSR count). The molecule has 182 valence electrons. The molecule has 1 saturated carbocycles. The van der Waals surface area contributed by atoms with Crippen molar-refractivity contribution in [2.75, 3.05) is 11.9 Å². The number of hydrogen-bond acceptors (Lipinski definition) is 7. The lowest BCUT2D eigenvalue weighted by molar-refractivity contribution is -0.119. The number of fused-ring (bicyclic) bond motifs is 2. The van der Waals surface area contributed by atoms with E-state index in [-0.39, 0.29) is 23.9 Å². The van der Waals surface area contributed by atoms with Crippen molar-refractivity contribution in [3.05, 3.63) is 42.9 Å². The standard InChI is InChI=1S/C24H25F2N7O2/c1-14(34)29-16-3-5-17(6-4-16)30-24-31-23(35-13-21(25)26)22-18(8-11-33(22)32-24)15-2-7-19-20(12-15)28-10-9-27-19/h2,7-12,16-17,21H,3-6,13H2,1H3,(H,29,34)(H,30,32)/t16-,17+. The summed E-state index contributed by atoms with van der Waals surface area (Å²) in [5, 5.41) is 10.8. The molecule has 0 unspecified atom stereocenters. The zero-order chi connectivity index (χ0) is 24.4. The Morgan fingerprint density at radius 2 is 1.86 bits per heavy atom. The number of nitrogens with zero attached hydrogens (tertiary/aromatic N) is 5. The lowest BCUT2D eigenvalue weighted by Crippen LogP contribution is -2.39. The van der Waals surface area contributed by atoms with Crippen LogP contribution in [0.15, 0.2) is 42.9 Å². The molecule has 0 radical (unpaired) electrons. The van der Waals surface area contributed by atoms with E-state index in [1.54, 1.807) is 23.1 Å². The molecule has 4 aromatic rings. The lowest BCUT2D eigenvalue weighted by Gasteiger charge is -2.29. The molecule has 3 aromatic heterocycles. The minimum atomic E-state index is -2.64. The first-order valence-corrected chi connectivity index (χ1v) is 11.5. The Labute approximate surface area is 199 Å². The molecule has 2 N–H and O–H groups in total. The SMILES string of the molecule is CC(=O)N[C@H]1CC[C@@H](Nc2nc(OCC(F)F)c3c(-c4ccc5nccnc5c4)ccn3n2)CC1. The second-order valence-electron chi connectivity index (χ2n) is 8.62. The molecule has 0 spiro atoms. The predicted molar refractivity (Wildman–Crippen MR) is 127 cm³/mol. The number of ether oxygens (including phenoxy) is 1. The van der Waals surface area contributed by atoms with Crippen molar-refractivity contribution in [1.29, 1.82) is 0 Å². The van der Waals surface area contributed by atoms with E-state index in [4.69, 9.17) is 4.74 Å². The molecule has 0 bridgehead atoms. The fourth-order valence-electron chi connectivity index (χ4n) is 4.51. The molecule has 1 aromatic carbocycles. The van der Waals surface area contributed by atoms with Gasteiger partial charge in [-0.05, 0) is 49.4 Å². The highest BCUT2D eigenvalue weighted by Gasteiger charge is 2.23. The van der Waals surface area contributed by atoms with Crippen molar-refractivity contribution in [2.24, 2.45) is 0 Å². The van der Waals surface area contributed by atoms with Gasteiger partial charge in [-0.25, -0.2) is 13.3 Å². The van der Waals surface area contributed by atoms with Crippen molar-refractivity contribution in [3.8, 4) is 17.0 Å². The Morgan fingerprint density at radius 3 is 2.60 bits per heavy atom. The Bertz CT molecular complexity index is 1350. The Morgan fingerprint density at radius 1 is 1.11 bits per heavy atom. The maximum atomic E-state index is 13.0. The van der Waals surface area contributed by atoms with Crippen molar-refractivity contribution >= 4 is 28.4 Å². The van der Waals surface area contributed by atoms with Gasteiger partial charge in [0.05, 0.1) is 11.0 Å². The number of benzene rings is 1. The van der Waals surface area contributed by atoms with Crippen molar-refractivity contribution in [3.63, 3.8) is 0 Å². The highest BCUT2D eigenvalue weighted by molar-refractivity contribution is 5.89. The van der Waals surface area contributed by atoms with Crippen LogP contribution in [0.2, 0.25) is 0 Å². The summed E-state index contributed by atoms with van der Waals surface area (Å²) in [6.07, 6.45) is 5.69. The minimum absolute atomic E-state index is 0.0297. The van der Waals surface area contributed by atoms with Gasteiger partial charge in [0.1, 0.15) is 5.52 Å². The first-order valence-electron chi connectivity index (χ1n) is 11.5. The van der Waals surface area contributed by atoms with Crippen LogP contribution in [0.3, 0.4) is 0 Å². The number of amides is 1. The summed E-state index contributed by atoms with van der Waals surface area (Å²) >= 11 is 0. The first kappa shape index (κ1) is 22.9. The maximum absolute atomic E-state index is 13.0. The molecule has 0 aliphatic heterocycles. The van der Waals surface area contributed by atoms with Crippen molar-refractivity contribution in [2.45, 2.75) is 51.1 Å². The van der Waals surface area contributed by atoms with E-state index in [1.807, 2.05) is 24.3 Å². The molecule has 9 nitrogen and oxygen atoms in total. The number of nitrogens with one attached hydrogen (secondary N) is 2. The molecule has 1 fully saturated rings. The smallest absolute Gasteiger partial charge is 0.272 e. The summed E-state index contributed by atoms with van der Waals surface area (Å²) in [7, 11) is 0. The van der Waals surface area contributed by atoms with Crippen LogP contribution in [0.25, 0.3) is 27.7 Å². The second kappa shape index (κ2) is 9.77. The zero-order valence-corrected chi connectivity index (χ0v) is 19.1. The maximum Gasteiger partial charge on any atom is 0.272 e. The van der Waals surface area contributed by atoms with E-state index in [0.29, 0.717) is 17.0 Å². The number of aromatic nitrogens is 5. The fraction of sp³-hybridized carbons (Fsp3) is 0.375. The fourth-order valence-corrected chi connectivity index (χ4v) is 4.51. The number of carbonyl (C=O) groups excluding carboxylic acids is 1. The summed E-state index contributed by atoms with van der Waals surface area (Å²) in [4.78, 5) is 24.4. The lowest BCUT2D eigenvalue weighted by atomic mass is 9.91. The molecule has 0 saturated heterocycles. The third kappa shape index (κ3) is 5.13. The number of halogens is 2. The summed E-state index contributed by atoms with van der Waals surface area (Å²) in [6, 6.07) is 7.75. The van der Waals surface area contributed by atoms with Crippen LogP contribution in [0.1, 0.15) is 32.6 Å². The van der Waals surface area contributed by atoms with Gasteiger partial charge >= 0.3 is 0 Å². The third-order valence-corrected chi connectivity index (χ3v) is 6.07. The van der Waals surface area contributed by atoms with Gasteiger partial charge < -0.3 is 15.4 Å². The largest absolute Gasteiger partial charge is 0.470 e. The second-order valence-corrected chi connectivity index (χ2v) is 8.62. The van der Waals surface area contributed by atoms with Gasteiger partial charge in [0.15, 0.2) is 6.61 Å². The Balaban J connectivity index is 1.45. The highest BCUT2D eigenvalue weighted by Crippen LogP contribution is 2.33. The topological polar surface area (TPSA) is 106 Å². The minimum Gasteiger partial charge on any atom is -0.470 e. The number of alkyl halides is 2. The van der Waals surface area contributed by atoms with Crippen LogP contribution < -0.4 is 15.4 Å². The zero-order valence-electron chi connectivity index (χ0n) is 19.1. The molecule has 0 atom stereocenters. The van der Waals surface area contributed by atoms with Crippen LogP contribution in [0.5, 0.6) is 5.88 Å². The van der Waals surface area contributed by atoms with E-state index in [2.05, 4.69) is 30.7 Å². The molecule has 3 heterocycles. The van der Waals surface area contributed by atoms with Crippen LogP contribution in [0.4, 0.5) is 14.7 Å². The molecular weight excluding hydrogens is 456 g/mol. The Hall–Kier alpha value is -3.89. The number of anilines is 1. The molecule has 1 amide bonds. The average Bonchev–Trinajstić information content (AvgIpc) is 3.27. The Kier molecular flexibility index (Phi) is 6.39. The first-order chi connectivity index (χ1) is 17.0. The summed E-state index contributed by atoms with van der Waals surface area (Å²) < 4.78 is 33.1. The van der Waals surface area contributed by atoms with Gasteiger partial charge in [0.25, 0.3) is 6.43 Å². The van der Waals surface area contributed by atoms with E-state index in [9.17, 15) is 13.6 Å². The molecule has 35 heavy (non-hydrogen) atoms. The van der Waals surface area contributed by atoms with Gasteiger partial charge in [0, 0.05) is 43.2 Å². The van der Waals surface area contributed by atoms with Gasteiger partial charge in [-0.1, -0.05) is 6.07 Å². The van der Waals surface area contributed by atoms with E-state index in [0.717, 1.165) is 42.3 Å². The normalized spacial score (nSPS) is 18.2. The van der Waals surface area contributed by atoms with E-state index < -0.39 is 13.0 Å². The van der Waals surface area contributed by atoms with Crippen molar-refractivity contribution in [1.82, 2.24) is 29.9 Å². The number of rotatable bonds is 7. The van der Waals surface area contributed by atoms with Crippen LogP contribution in [-0.4, -0.2) is 55.6 Å². The third-order valence-electron chi connectivity index (χ3n) is 6.07. The summed E-state index contributed by atoms with van der Waals surface area (Å²) in [6.45, 7) is 0.743. The molecule has 1 aliphatic rings.